The monoisotopic (exact) mass is 188 g/mol. The second-order valence-electron chi connectivity index (χ2n) is 4.22. The Balaban J connectivity index is 2.60. The smallest absolute Gasteiger partial charge is 0.0245 e. The van der Waals surface area contributed by atoms with Gasteiger partial charge in [0.25, 0.3) is 0 Å². The van der Waals surface area contributed by atoms with E-state index in [1.807, 2.05) is 6.08 Å². The first-order valence-electron chi connectivity index (χ1n) is 5.39. The Morgan fingerprint density at radius 2 is 1.86 bits per heavy atom. The van der Waals surface area contributed by atoms with E-state index in [0.29, 0.717) is 0 Å². The Hall–Kier alpha value is -1.04. The summed E-state index contributed by atoms with van der Waals surface area (Å²) >= 11 is 0. The van der Waals surface area contributed by atoms with Crippen molar-refractivity contribution in [1.82, 2.24) is 0 Å². The molecule has 0 amide bonds. The first-order valence-corrected chi connectivity index (χ1v) is 5.39. The van der Waals surface area contributed by atoms with E-state index in [9.17, 15) is 0 Å². The Morgan fingerprint density at radius 1 is 1.21 bits per heavy atom. The molecule has 0 nitrogen and oxygen atoms in total. The van der Waals surface area contributed by atoms with Crippen molar-refractivity contribution < 1.29 is 0 Å². The Morgan fingerprint density at radius 3 is 2.36 bits per heavy atom. The highest BCUT2D eigenvalue weighted by Gasteiger charge is 2.11. The lowest BCUT2D eigenvalue weighted by Gasteiger charge is -2.19. The van der Waals surface area contributed by atoms with E-state index in [-0.39, 0.29) is 0 Å². The molecular formula is C14H20. The minimum absolute atomic E-state index is 0.730. The van der Waals surface area contributed by atoms with Gasteiger partial charge in [0.05, 0.1) is 0 Å². The van der Waals surface area contributed by atoms with Crippen LogP contribution in [0.25, 0.3) is 0 Å². The minimum atomic E-state index is 0.730. The molecule has 1 aromatic carbocycles. The zero-order chi connectivity index (χ0) is 10.4. The SMILES string of the molecule is C=CCC(Cc1ccccc1)C(C)C. The van der Waals surface area contributed by atoms with Gasteiger partial charge in [0.15, 0.2) is 0 Å². The molecule has 1 unspecified atom stereocenters. The molecule has 1 aromatic rings. The van der Waals surface area contributed by atoms with Crippen molar-refractivity contribution in [2.75, 3.05) is 0 Å². The van der Waals surface area contributed by atoms with Gasteiger partial charge in [-0.15, -0.1) is 6.58 Å². The Kier molecular flexibility index (Phi) is 4.45. The topological polar surface area (TPSA) is 0 Å². The van der Waals surface area contributed by atoms with Crippen molar-refractivity contribution in [2.45, 2.75) is 26.7 Å². The molecule has 0 bridgehead atoms. The molecule has 0 aliphatic rings. The van der Waals surface area contributed by atoms with Gasteiger partial charge in [-0.2, -0.15) is 0 Å². The van der Waals surface area contributed by atoms with E-state index in [2.05, 4.69) is 50.8 Å². The molecule has 0 aliphatic heterocycles. The lowest BCUT2D eigenvalue weighted by atomic mass is 9.87. The average Bonchev–Trinajstić information content (AvgIpc) is 2.18. The molecule has 1 rings (SSSR count). The zero-order valence-corrected chi connectivity index (χ0v) is 9.24. The maximum Gasteiger partial charge on any atom is -0.0245 e. The second-order valence-corrected chi connectivity index (χ2v) is 4.22. The molecule has 0 radical (unpaired) electrons. The summed E-state index contributed by atoms with van der Waals surface area (Å²) in [5.41, 5.74) is 1.44. The fraction of sp³-hybridized carbons (Fsp3) is 0.429. The van der Waals surface area contributed by atoms with E-state index in [4.69, 9.17) is 0 Å². The van der Waals surface area contributed by atoms with E-state index in [1.165, 1.54) is 12.0 Å². The zero-order valence-electron chi connectivity index (χ0n) is 9.24. The third-order valence-electron chi connectivity index (χ3n) is 2.75. The molecular weight excluding hydrogens is 168 g/mol. The summed E-state index contributed by atoms with van der Waals surface area (Å²) in [5.74, 6) is 1.46. The fourth-order valence-corrected chi connectivity index (χ4v) is 1.72. The maximum atomic E-state index is 3.82. The lowest BCUT2D eigenvalue weighted by Crippen LogP contribution is -2.10. The Bertz CT molecular complexity index is 259. The number of hydrogen-bond donors (Lipinski definition) is 0. The minimum Gasteiger partial charge on any atom is -0.103 e. The highest BCUT2D eigenvalue weighted by atomic mass is 14.2. The second kappa shape index (κ2) is 5.64. The molecule has 76 valence electrons. The van der Waals surface area contributed by atoms with Crippen LogP contribution in [0, 0.1) is 11.8 Å². The predicted octanol–water partition coefficient (Wildman–Crippen LogP) is 4.08. The van der Waals surface area contributed by atoms with Gasteiger partial charge in [-0.25, -0.2) is 0 Å². The molecule has 0 aromatic heterocycles. The summed E-state index contributed by atoms with van der Waals surface area (Å²) in [5, 5.41) is 0. The van der Waals surface area contributed by atoms with E-state index < -0.39 is 0 Å². The normalized spacial score (nSPS) is 12.8. The largest absolute Gasteiger partial charge is 0.103 e. The third-order valence-corrected chi connectivity index (χ3v) is 2.75. The van der Waals surface area contributed by atoms with Gasteiger partial charge >= 0.3 is 0 Å². The Labute approximate surface area is 87.7 Å². The van der Waals surface area contributed by atoms with Crippen molar-refractivity contribution in [2.24, 2.45) is 11.8 Å². The number of hydrogen-bond acceptors (Lipinski definition) is 0. The summed E-state index contributed by atoms with van der Waals surface area (Å²) in [7, 11) is 0. The van der Waals surface area contributed by atoms with Crippen LogP contribution in [0.15, 0.2) is 43.0 Å². The highest BCUT2D eigenvalue weighted by molar-refractivity contribution is 5.15. The van der Waals surface area contributed by atoms with Gasteiger partial charge in [-0.3, -0.25) is 0 Å². The number of rotatable bonds is 5. The van der Waals surface area contributed by atoms with Gasteiger partial charge in [0, 0.05) is 0 Å². The molecule has 14 heavy (non-hydrogen) atoms. The van der Waals surface area contributed by atoms with Crippen LogP contribution < -0.4 is 0 Å². The van der Waals surface area contributed by atoms with Crippen LogP contribution in [0.4, 0.5) is 0 Å². The molecule has 0 aliphatic carbocycles. The molecule has 0 fully saturated rings. The van der Waals surface area contributed by atoms with Crippen LogP contribution in [-0.4, -0.2) is 0 Å². The molecule has 0 saturated heterocycles. The predicted molar refractivity (Wildman–Crippen MR) is 63.3 cm³/mol. The quantitative estimate of drug-likeness (QED) is 0.611. The lowest BCUT2D eigenvalue weighted by molar-refractivity contribution is 0.386. The summed E-state index contributed by atoms with van der Waals surface area (Å²) < 4.78 is 0. The van der Waals surface area contributed by atoms with Gasteiger partial charge in [0.1, 0.15) is 0 Å². The molecule has 1 atom stereocenters. The van der Waals surface area contributed by atoms with Crippen molar-refractivity contribution in [1.29, 1.82) is 0 Å². The summed E-state index contributed by atoms with van der Waals surface area (Å²) in [4.78, 5) is 0. The van der Waals surface area contributed by atoms with Crippen LogP contribution in [0.5, 0.6) is 0 Å². The molecule has 0 N–H and O–H groups in total. The van der Waals surface area contributed by atoms with Gasteiger partial charge < -0.3 is 0 Å². The van der Waals surface area contributed by atoms with Gasteiger partial charge in [-0.1, -0.05) is 50.3 Å². The summed E-state index contributed by atoms with van der Waals surface area (Å²) in [6.07, 6.45) is 4.32. The van der Waals surface area contributed by atoms with Gasteiger partial charge in [-0.05, 0) is 30.2 Å². The molecule has 0 saturated carbocycles. The van der Waals surface area contributed by atoms with E-state index in [1.54, 1.807) is 0 Å². The molecule has 0 heterocycles. The van der Waals surface area contributed by atoms with Gasteiger partial charge in [0.2, 0.25) is 0 Å². The van der Waals surface area contributed by atoms with Crippen molar-refractivity contribution in [3.63, 3.8) is 0 Å². The van der Waals surface area contributed by atoms with Crippen LogP contribution in [0.3, 0.4) is 0 Å². The molecule has 0 spiro atoms. The maximum absolute atomic E-state index is 3.82. The molecule has 0 heteroatoms. The van der Waals surface area contributed by atoms with Crippen LogP contribution in [-0.2, 0) is 6.42 Å². The van der Waals surface area contributed by atoms with Crippen molar-refractivity contribution in [3.8, 4) is 0 Å². The fourth-order valence-electron chi connectivity index (χ4n) is 1.72. The van der Waals surface area contributed by atoms with Crippen LogP contribution >= 0.6 is 0 Å². The van der Waals surface area contributed by atoms with E-state index >= 15 is 0 Å². The first-order chi connectivity index (χ1) is 6.74. The van der Waals surface area contributed by atoms with Crippen molar-refractivity contribution in [3.05, 3.63) is 48.6 Å². The van der Waals surface area contributed by atoms with E-state index in [0.717, 1.165) is 18.3 Å². The number of allylic oxidation sites excluding steroid dienone is 1. The average molecular weight is 188 g/mol. The number of benzene rings is 1. The first kappa shape index (κ1) is 11.0. The highest BCUT2D eigenvalue weighted by Crippen LogP contribution is 2.20. The van der Waals surface area contributed by atoms with Crippen molar-refractivity contribution >= 4 is 0 Å². The standard InChI is InChI=1S/C14H20/c1-4-8-14(12(2)3)11-13-9-6-5-7-10-13/h4-7,9-10,12,14H,1,8,11H2,2-3H3. The van der Waals surface area contributed by atoms with Crippen LogP contribution in [0.1, 0.15) is 25.8 Å². The summed E-state index contributed by atoms with van der Waals surface area (Å²) in [6, 6.07) is 10.7. The van der Waals surface area contributed by atoms with Crippen LogP contribution in [0.2, 0.25) is 0 Å². The summed E-state index contributed by atoms with van der Waals surface area (Å²) in [6.45, 7) is 8.40. The third kappa shape index (κ3) is 3.37.